The average molecular weight is 578 g/mol. The molecule has 10 rings (SSSR count). The minimum Gasteiger partial charge on any atom is -0.299 e. The van der Waals surface area contributed by atoms with Gasteiger partial charge in [0.05, 0.1) is 16.7 Å². The summed E-state index contributed by atoms with van der Waals surface area (Å²) in [6.07, 6.45) is 4.05. The molecule has 0 bridgehead atoms. The molecule has 0 fully saturated rings. The highest BCUT2D eigenvalue weighted by atomic mass is 32.1. The number of benzene rings is 6. The molecule has 3 nitrogen and oxygen atoms in total. The number of aromatic nitrogens is 3. The van der Waals surface area contributed by atoms with E-state index in [2.05, 4.69) is 138 Å². The van der Waals surface area contributed by atoms with Gasteiger partial charge in [0.15, 0.2) is 0 Å². The Balaban J connectivity index is 1.22. The predicted octanol–water partition coefficient (Wildman–Crippen LogP) is 11.0. The van der Waals surface area contributed by atoms with E-state index >= 15 is 0 Å². The molecule has 0 saturated carbocycles. The minimum atomic E-state index is 0.957. The minimum absolute atomic E-state index is 0.957. The predicted molar refractivity (Wildman–Crippen MR) is 187 cm³/mol. The van der Waals surface area contributed by atoms with Crippen LogP contribution >= 0.6 is 11.3 Å². The first-order valence-electron chi connectivity index (χ1n) is 14.8. The van der Waals surface area contributed by atoms with Crippen LogP contribution in [0, 0.1) is 0 Å². The number of hydrogen-bond acceptors (Lipinski definition) is 3. The second-order valence-corrected chi connectivity index (χ2v) is 12.5. The van der Waals surface area contributed by atoms with Gasteiger partial charge in [-0.05, 0) is 75.1 Å². The van der Waals surface area contributed by atoms with Crippen molar-refractivity contribution < 1.29 is 0 Å². The van der Waals surface area contributed by atoms with Crippen molar-refractivity contribution in [1.82, 2.24) is 14.4 Å². The van der Waals surface area contributed by atoms with Crippen molar-refractivity contribution in [3.63, 3.8) is 0 Å². The van der Waals surface area contributed by atoms with Gasteiger partial charge in [0, 0.05) is 48.9 Å². The van der Waals surface area contributed by atoms with Gasteiger partial charge in [-0.2, -0.15) is 0 Å². The third kappa shape index (κ3) is 3.37. The quantitative estimate of drug-likeness (QED) is 0.191. The third-order valence-corrected chi connectivity index (χ3v) is 10.2. The standard InChI is InChI=1S/C40H23N3S/c1-2-8-28-24(7-1)12-17-32-38(28)33-21-27(14-16-31(33)40-39(32)42-37-11-5-6-20-43(37)40)34-22-26(18-19-41-34)25-13-15-30-29-9-3-4-10-35(29)44-36(30)23-25/h1-23H. The molecule has 0 N–H and O–H groups in total. The molecular formula is C40H23N3S. The molecule has 0 radical (unpaired) electrons. The number of nitrogens with zero attached hydrogens (tertiary/aromatic N) is 3. The maximum atomic E-state index is 5.11. The van der Waals surface area contributed by atoms with Crippen LogP contribution in [0.3, 0.4) is 0 Å². The second kappa shape index (κ2) is 8.96. The van der Waals surface area contributed by atoms with E-state index in [1.807, 2.05) is 17.5 Å². The van der Waals surface area contributed by atoms with Crippen LogP contribution in [0.1, 0.15) is 0 Å². The van der Waals surface area contributed by atoms with E-state index in [4.69, 9.17) is 9.97 Å². The van der Waals surface area contributed by atoms with Crippen LogP contribution in [0.4, 0.5) is 0 Å². The first kappa shape index (κ1) is 23.9. The van der Waals surface area contributed by atoms with Crippen molar-refractivity contribution in [2.45, 2.75) is 0 Å². The SMILES string of the molecule is c1ccc2c(c1)ccc1c3nc4ccccn4c3c3ccc(-c4cc(-c5ccc6c(c5)sc5ccccc56)ccn4)cc3c21. The number of thiophene rings is 1. The fraction of sp³-hybridized carbons (Fsp3) is 0. The zero-order valence-electron chi connectivity index (χ0n) is 23.5. The zero-order chi connectivity index (χ0) is 28.8. The van der Waals surface area contributed by atoms with Gasteiger partial charge in [0.25, 0.3) is 0 Å². The van der Waals surface area contributed by atoms with Crippen LogP contribution in [0.2, 0.25) is 0 Å². The van der Waals surface area contributed by atoms with E-state index in [0.717, 1.165) is 27.9 Å². The van der Waals surface area contributed by atoms with Crippen LogP contribution in [0.25, 0.3) is 91.6 Å². The van der Waals surface area contributed by atoms with E-state index in [-0.39, 0.29) is 0 Å². The molecule has 10 aromatic rings. The Kier molecular flexibility index (Phi) is 4.87. The van der Waals surface area contributed by atoms with Crippen LogP contribution in [-0.4, -0.2) is 14.4 Å². The topological polar surface area (TPSA) is 30.2 Å². The Morgan fingerprint density at radius 2 is 1.30 bits per heavy atom. The Morgan fingerprint density at radius 1 is 0.523 bits per heavy atom. The molecular weight excluding hydrogens is 555 g/mol. The van der Waals surface area contributed by atoms with Gasteiger partial charge in [-0.3, -0.25) is 9.38 Å². The van der Waals surface area contributed by atoms with Gasteiger partial charge < -0.3 is 0 Å². The fourth-order valence-corrected chi connectivity index (χ4v) is 8.14. The number of fused-ring (bicyclic) bond motifs is 13. The summed E-state index contributed by atoms with van der Waals surface area (Å²) in [6.45, 7) is 0. The zero-order valence-corrected chi connectivity index (χ0v) is 24.3. The van der Waals surface area contributed by atoms with Gasteiger partial charge >= 0.3 is 0 Å². The summed E-state index contributed by atoms with van der Waals surface area (Å²) in [7, 11) is 0. The highest BCUT2D eigenvalue weighted by Crippen LogP contribution is 2.41. The van der Waals surface area contributed by atoms with E-state index in [1.54, 1.807) is 0 Å². The summed E-state index contributed by atoms with van der Waals surface area (Å²) in [5.74, 6) is 0. The maximum absolute atomic E-state index is 5.11. The Morgan fingerprint density at radius 3 is 2.27 bits per heavy atom. The summed E-state index contributed by atoms with van der Waals surface area (Å²) < 4.78 is 4.85. The summed E-state index contributed by atoms with van der Waals surface area (Å²) in [5.41, 5.74) is 7.58. The lowest BCUT2D eigenvalue weighted by atomic mass is 9.93. The summed E-state index contributed by atoms with van der Waals surface area (Å²) in [5, 5.41) is 9.93. The summed E-state index contributed by atoms with van der Waals surface area (Å²) in [6, 6.07) is 45.9. The molecule has 44 heavy (non-hydrogen) atoms. The highest BCUT2D eigenvalue weighted by Gasteiger charge is 2.17. The Labute approximate surface area is 256 Å². The normalized spacial score (nSPS) is 12.1. The van der Waals surface area contributed by atoms with Gasteiger partial charge in [-0.25, -0.2) is 4.98 Å². The first-order valence-corrected chi connectivity index (χ1v) is 15.6. The molecule has 4 aromatic heterocycles. The summed E-state index contributed by atoms with van der Waals surface area (Å²) in [4.78, 5) is 9.98. The van der Waals surface area contributed by atoms with Crippen LogP contribution in [0.5, 0.6) is 0 Å². The van der Waals surface area contributed by atoms with Crippen LogP contribution in [0.15, 0.2) is 140 Å². The number of pyridine rings is 2. The summed E-state index contributed by atoms with van der Waals surface area (Å²) >= 11 is 1.85. The molecule has 0 saturated heterocycles. The molecule has 0 aliphatic rings. The molecule has 204 valence electrons. The van der Waals surface area contributed by atoms with E-state index < -0.39 is 0 Å². The second-order valence-electron chi connectivity index (χ2n) is 11.4. The van der Waals surface area contributed by atoms with Crippen molar-refractivity contribution in [1.29, 1.82) is 0 Å². The molecule has 0 unspecified atom stereocenters. The van der Waals surface area contributed by atoms with Crippen molar-refractivity contribution in [2.75, 3.05) is 0 Å². The molecule has 0 spiro atoms. The smallest absolute Gasteiger partial charge is 0.137 e. The third-order valence-electron chi connectivity index (χ3n) is 9.03. The van der Waals surface area contributed by atoms with Gasteiger partial charge in [0.1, 0.15) is 5.65 Å². The van der Waals surface area contributed by atoms with Crippen LogP contribution < -0.4 is 0 Å². The molecule has 0 aliphatic heterocycles. The monoisotopic (exact) mass is 577 g/mol. The fourth-order valence-electron chi connectivity index (χ4n) is 6.99. The van der Waals surface area contributed by atoms with Crippen molar-refractivity contribution in [3.05, 3.63) is 140 Å². The Hall–Kier alpha value is -5.58. The molecule has 0 aliphatic carbocycles. The molecule has 4 heteroatoms. The van der Waals surface area contributed by atoms with Gasteiger partial charge in [-0.15, -0.1) is 11.3 Å². The first-order chi connectivity index (χ1) is 21.8. The van der Waals surface area contributed by atoms with Crippen LogP contribution in [-0.2, 0) is 0 Å². The lowest BCUT2D eigenvalue weighted by Gasteiger charge is -2.12. The molecule has 4 heterocycles. The largest absolute Gasteiger partial charge is 0.299 e. The number of rotatable bonds is 2. The molecule has 6 aromatic carbocycles. The van der Waals surface area contributed by atoms with Gasteiger partial charge in [0.2, 0.25) is 0 Å². The van der Waals surface area contributed by atoms with Crippen molar-refractivity contribution in [2.24, 2.45) is 0 Å². The Bertz CT molecular complexity index is 2790. The van der Waals surface area contributed by atoms with Crippen molar-refractivity contribution >= 4 is 80.5 Å². The van der Waals surface area contributed by atoms with E-state index in [1.165, 1.54) is 63.6 Å². The van der Waals surface area contributed by atoms with Gasteiger partial charge in [-0.1, -0.05) is 84.9 Å². The van der Waals surface area contributed by atoms with Crippen molar-refractivity contribution in [3.8, 4) is 22.4 Å². The highest BCUT2D eigenvalue weighted by molar-refractivity contribution is 7.25. The molecule has 0 amide bonds. The number of hydrogen-bond donors (Lipinski definition) is 0. The molecule has 0 atom stereocenters. The number of imidazole rings is 1. The lowest BCUT2D eigenvalue weighted by molar-refractivity contribution is 1.23. The lowest BCUT2D eigenvalue weighted by Crippen LogP contribution is -1.90. The average Bonchev–Trinajstić information content (AvgIpc) is 3.66. The van der Waals surface area contributed by atoms with E-state index in [0.29, 0.717) is 0 Å². The van der Waals surface area contributed by atoms with E-state index in [9.17, 15) is 0 Å². The maximum Gasteiger partial charge on any atom is 0.137 e.